The summed E-state index contributed by atoms with van der Waals surface area (Å²) in [5.41, 5.74) is 0. The van der Waals surface area contributed by atoms with Gasteiger partial charge in [0.05, 0.1) is 18.8 Å². The Bertz CT molecular complexity index is 278. The molecule has 2 fully saturated rings. The van der Waals surface area contributed by atoms with Crippen LogP contribution >= 0.6 is 0 Å². The Morgan fingerprint density at radius 2 is 1.61 bits per heavy atom. The summed E-state index contributed by atoms with van der Waals surface area (Å²) in [6.45, 7) is 0.839. The summed E-state index contributed by atoms with van der Waals surface area (Å²) in [4.78, 5) is 0. The molecule has 2 atom stereocenters. The largest absolute Gasteiger partial charge is 0.539 e. The quantitative estimate of drug-likeness (QED) is 0.528. The van der Waals surface area contributed by atoms with Crippen LogP contribution in [0.2, 0.25) is 6.04 Å². The van der Waals surface area contributed by atoms with E-state index in [9.17, 15) is 0 Å². The fraction of sp³-hybridized carbons (Fsp3) is 1.00. The monoisotopic (exact) mass is 294 g/mol. The van der Waals surface area contributed by atoms with Gasteiger partial charge in [-0.15, -0.1) is 0 Å². The van der Waals surface area contributed by atoms with Gasteiger partial charge >= 0.3 is 16.4 Å². The van der Waals surface area contributed by atoms with Gasteiger partial charge in [-0.2, -0.15) is 0 Å². The highest BCUT2D eigenvalue weighted by molar-refractivity contribution is 7.29. The van der Waals surface area contributed by atoms with Crippen molar-refractivity contribution in [3.63, 3.8) is 0 Å². The second-order valence-electron chi connectivity index (χ2n) is 4.60. The van der Waals surface area contributed by atoms with Crippen molar-refractivity contribution < 1.29 is 26.9 Å². The van der Waals surface area contributed by atoms with E-state index in [1.807, 2.05) is 0 Å². The Hall–Kier alpha value is 0.194. The maximum Gasteiger partial charge on any atom is 0.539 e. The molecule has 8 heteroatoms. The Morgan fingerprint density at radius 1 is 1.00 bits per heavy atom. The molecule has 0 radical (unpaired) electrons. The third-order valence-corrected chi connectivity index (χ3v) is 15.0. The Morgan fingerprint density at radius 3 is 2.06 bits per heavy atom. The molecule has 0 aromatic carbocycles. The molecule has 0 amide bonds. The summed E-state index contributed by atoms with van der Waals surface area (Å²) < 4.78 is 34.0. The molecule has 2 unspecified atom stereocenters. The zero-order valence-corrected chi connectivity index (χ0v) is 13.4. The van der Waals surface area contributed by atoms with E-state index in [1.54, 1.807) is 28.4 Å². The molecular weight excluding hydrogens is 272 g/mol. The average molecular weight is 294 g/mol. The van der Waals surface area contributed by atoms with E-state index in [-0.39, 0.29) is 6.10 Å². The van der Waals surface area contributed by atoms with Crippen LogP contribution in [-0.4, -0.2) is 63.7 Å². The molecule has 0 aromatic heterocycles. The van der Waals surface area contributed by atoms with E-state index in [4.69, 9.17) is 26.9 Å². The predicted molar refractivity (Wildman–Crippen MR) is 68.2 cm³/mol. The summed E-state index contributed by atoms with van der Waals surface area (Å²) in [5.74, 6) is 0. The number of epoxide rings is 1. The smallest absolute Gasteiger partial charge is 0.395 e. The second kappa shape index (κ2) is 5.67. The highest BCUT2D eigenvalue weighted by Crippen LogP contribution is 2.37. The van der Waals surface area contributed by atoms with Crippen LogP contribution in [0.25, 0.3) is 0 Å². The van der Waals surface area contributed by atoms with Gasteiger partial charge in [0.25, 0.3) is 0 Å². The number of ether oxygens (including phenoxy) is 1. The van der Waals surface area contributed by atoms with Crippen molar-refractivity contribution in [3.8, 4) is 0 Å². The normalized spacial score (nSPS) is 33.3. The van der Waals surface area contributed by atoms with Crippen LogP contribution < -0.4 is 0 Å². The summed E-state index contributed by atoms with van der Waals surface area (Å²) in [7, 11) is 1.12. The molecule has 2 heterocycles. The van der Waals surface area contributed by atoms with Crippen molar-refractivity contribution in [2.75, 3.05) is 35.0 Å². The van der Waals surface area contributed by atoms with Crippen LogP contribution in [0.1, 0.15) is 12.8 Å². The molecule has 0 aliphatic carbocycles. The van der Waals surface area contributed by atoms with Gasteiger partial charge < -0.3 is 26.9 Å². The summed E-state index contributed by atoms with van der Waals surface area (Å²) in [5, 5.41) is 0. The molecular formula is C10H22O6Si2. The SMILES string of the molecule is CO[Si]1(OC)CCC(CC2CO2)O[Si]1(OC)OC. The first-order valence-corrected chi connectivity index (χ1v) is 10.9. The Balaban J connectivity index is 2.13. The van der Waals surface area contributed by atoms with Crippen LogP contribution in [0.5, 0.6) is 0 Å². The highest BCUT2D eigenvalue weighted by atomic mass is 29.3. The zero-order chi connectivity index (χ0) is 13.2. The minimum absolute atomic E-state index is 0.120. The fourth-order valence-corrected chi connectivity index (χ4v) is 12.2. The lowest BCUT2D eigenvalue weighted by Crippen LogP contribution is -2.74. The molecule has 0 bridgehead atoms. The molecule has 2 aliphatic heterocycles. The van der Waals surface area contributed by atoms with Crippen molar-refractivity contribution in [2.45, 2.75) is 31.1 Å². The average Bonchev–Trinajstić information content (AvgIpc) is 3.22. The molecule has 18 heavy (non-hydrogen) atoms. The van der Waals surface area contributed by atoms with Gasteiger partial charge in [0.15, 0.2) is 0 Å². The first-order valence-electron chi connectivity index (χ1n) is 6.15. The molecule has 6 nitrogen and oxygen atoms in total. The molecule has 2 rings (SSSR count). The first-order chi connectivity index (χ1) is 8.65. The van der Waals surface area contributed by atoms with Crippen molar-refractivity contribution in [3.05, 3.63) is 0 Å². The first kappa shape index (κ1) is 14.6. The van der Waals surface area contributed by atoms with E-state index in [0.29, 0.717) is 6.10 Å². The molecule has 106 valence electrons. The Labute approximate surface area is 110 Å². The van der Waals surface area contributed by atoms with Gasteiger partial charge in [0.2, 0.25) is 0 Å². The van der Waals surface area contributed by atoms with Gasteiger partial charge in [-0.3, -0.25) is 0 Å². The maximum absolute atomic E-state index is 6.15. The number of rotatable bonds is 6. The zero-order valence-electron chi connectivity index (χ0n) is 11.4. The van der Waals surface area contributed by atoms with Crippen molar-refractivity contribution in [1.82, 2.24) is 0 Å². The van der Waals surface area contributed by atoms with E-state index >= 15 is 0 Å². The lowest BCUT2D eigenvalue weighted by atomic mass is 10.2. The molecule has 0 aromatic rings. The van der Waals surface area contributed by atoms with Crippen LogP contribution in [0.3, 0.4) is 0 Å². The third-order valence-electron chi connectivity index (χ3n) is 3.71. The summed E-state index contributed by atoms with van der Waals surface area (Å²) >= 11 is 0. The predicted octanol–water partition coefficient (Wildman–Crippen LogP) is 0.609. The Kier molecular flexibility index (Phi) is 4.60. The number of hydrogen-bond donors (Lipinski definition) is 0. The van der Waals surface area contributed by atoms with Crippen molar-refractivity contribution >= 4 is 16.4 Å². The molecule has 0 spiro atoms. The lowest BCUT2D eigenvalue weighted by molar-refractivity contribution is 0.0328. The van der Waals surface area contributed by atoms with Crippen LogP contribution in [0, 0.1) is 0 Å². The summed E-state index contributed by atoms with van der Waals surface area (Å²) in [6, 6.07) is 0.839. The van der Waals surface area contributed by atoms with Gasteiger partial charge in [0.1, 0.15) is 0 Å². The molecule has 2 saturated heterocycles. The van der Waals surface area contributed by atoms with Gasteiger partial charge in [-0.05, 0) is 12.5 Å². The van der Waals surface area contributed by atoms with Crippen molar-refractivity contribution in [1.29, 1.82) is 0 Å². The van der Waals surface area contributed by atoms with Crippen LogP contribution in [-0.2, 0) is 26.9 Å². The van der Waals surface area contributed by atoms with Gasteiger partial charge in [-0.25, -0.2) is 0 Å². The van der Waals surface area contributed by atoms with E-state index < -0.39 is 16.4 Å². The van der Waals surface area contributed by atoms with Crippen LogP contribution in [0.4, 0.5) is 0 Å². The fourth-order valence-electron chi connectivity index (χ4n) is 2.56. The minimum atomic E-state index is -2.87. The van der Waals surface area contributed by atoms with Gasteiger partial charge in [-0.1, -0.05) is 0 Å². The van der Waals surface area contributed by atoms with E-state index in [0.717, 1.165) is 25.5 Å². The minimum Gasteiger partial charge on any atom is -0.395 e. The van der Waals surface area contributed by atoms with Crippen molar-refractivity contribution in [2.24, 2.45) is 0 Å². The lowest BCUT2D eigenvalue weighted by Gasteiger charge is -2.45. The van der Waals surface area contributed by atoms with E-state index in [2.05, 4.69) is 0 Å². The maximum atomic E-state index is 6.15. The third kappa shape index (κ3) is 2.43. The van der Waals surface area contributed by atoms with E-state index in [1.165, 1.54) is 0 Å². The molecule has 2 aliphatic rings. The standard InChI is InChI=1S/C10H22O6Si2/c1-11-17(12-2)6-5-9(7-10-8-15-10)16-18(17,13-3)14-4/h9-10H,5-8H2,1-4H3. The number of hydrogen-bond acceptors (Lipinski definition) is 6. The highest BCUT2D eigenvalue weighted by Gasteiger charge is 2.69. The molecule has 0 N–H and O–H groups in total. The molecule has 0 saturated carbocycles. The topological polar surface area (TPSA) is 58.7 Å². The second-order valence-corrected chi connectivity index (χ2v) is 13.7. The van der Waals surface area contributed by atoms with Crippen LogP contribution in [0.15, 0.2) is 0 Å². The summed E-state index contributed by atoms with van der Waals surface area (Å²) in [6.07, 6.45) is 2.28. The van der Waals surface area contributed by atoms with Gasteiger partial charge in [0, 0.05) is 34.9 Å².